The molecule has 116 valence electrons. The van der Waals surface area contributed by atoms with E-state index in [1.807, 2.05) is 0 Å². The number of aromatic nitrogens is 6. The molecule has 0 aliphatic carbocycles. The van der Waals surface area contributed by atoms with Gasteiger partial charge in [0.15, 0.2) is 0 Å². The van der Waals surface area contributed by atoms with Gasteiger partial charge < -0.3 is 15.8 Å². The molecular formula is C8H7Cl2N9O3. The maximum absolute atomic E-state index is 11.6. The highest BCUT2D eigenvalue weighted by atomic mass is 35.5. The Hall–Kier alpha value is -2.57. The van der Waals surface area contributed by atoms with Gasteiger partial charge in [0.25, 0.3) is 5.95 Å². The summed E-state index contributed by atoms with van der Waals surface area (Å²) in [6.07, 6.45) is 0. The summed E-state index contributed by atoms with van der Waals surface area (Å²) in [5.41, 5.74) is 7.01. The standard InChI is InChI=1S/C8H7Cl2N9O3/c9-3-13-5(11)17-8(16-3)22-2(20)1-12-6-14-4(10)15-7(18-6)19-21/h21H,1H2,(H2,11,13,16,17)(H2,12,14,15,18,19). The quantitative estimate of drug-likeness (QED) is 0.413. The molecule has 0 unspecified atom stereocenters. The van der Waals surface area contributed by atoms with E-state index in [9.17, 15) is 4.79 Å². The number of esters is 1. The van der Waals surface area contributed by atoms with Gasteiger partial charge in [-0.25, -0.2) is 10.3 Å². The van der Waals surface area contributed by atoms with Crippen molar-refractivity contribution in [1.29, 1.82) is 0 Å². The second-order valence-electron chi connectivity index (χ2n) is 3.44. The normalized spacial score (nSPS) is 10.1. The van der Waals surface area contributed by atoms with Crippen LogP contribution in [0.2, 0.25) is 10.6 Å². The van der Waals surface area contributed by atoms with Gasteiger partial charge in [-0.15, -0.1) is 0 Å². The highest BCUT2D eigenvalue weighted by Crippen LogP contribution is 2.10. The fraction of sp³-hybridized carbons (Fsp3) is 0.125. The van der Waals surface area contributed by atoms with E-state index in [1.165, 1.54) is 0 Å². The van der Waals surface area contributed by atoms with Crippen LogP contribution in [0.5, 0.6) is 6.01 Å². The number of nitrogens with zero attached hydrogens (tertiary/aromatic N) is 6. The predicted molar refractivity (Wildman–Crippen MR) is 73.6 cm³/mol. The summed E-state index contributed by atoms with van der Waals surface area (Å²) >= 11 is 11.1. The van der Waals surface area contributed by atoms with Crippen LogP contribution in [0, 0.1) is 0 Å². The van der Waals surface area contributed by atoms with Gasteiger partial charge >= 0.3 is 12.0 Å². The number of carbonyl (C=O) groups is 1. The van der Waals surface area contributed by atoms with Crippen LogP contribution in [0.4, 0.5) is 17.8 Å². The minimum Gasteiger partial charge on any atom is -0.389 e. The number of hydrogen-bond acceptors (Lipinski definition) is 12. The lowest BCUT2D eigenvalue weighted by Gasteiger charge is -2.06. The van der Waals surface area contributed by atoms with Crippen molar-refractivity contribution in [3.05, 3.63) is 10.6 Å². The van der Waals surface area contributed by atoms with E-state index in [0.717, 1.165) is 0 Å². The lowest BCUT2D eigenvalue weighted by Crippen LogP contribution is -2.22. The molecule has 14 heteroatoms. The molecule has 0 fully saturated rings. The average Bonchev–Trinajstić information content (AvgIpc) is 2.43. The smallest absolute Gasteiger partial charge is 0.333 e. The minimum absolute atomic E-state index is 0.0679. The van der Waals surface area contributed by atoms with Crippen molar-refractivity contribution in [3.8, 4) is 6.01 Å². The van der Waals surface area contributed by atoms with E-state index in [2.05, 4.69) is 35.2 Å². The van der Waals surface area contributed by atoms with E-state index in [1.54, 1.807) is 5.48 Å². The molecule has 2 aromatic rings. The maximum atomic E-state index is 11.6. The molecule has 22 heavy (non-hydrogen) atoms. The summed E-state index contributed by atoms with van der Waals surface area (Å²) in [5, 5.41) is 10.8. The Kier molecular flexibility index (Phi) is 4.98. The SMILES string of the molecule is Nc1nc(Cl)nc(OC(=O)CNc2nc(Cl)nc(NO)n2)n1. The highest BCUT2D eigenvalue weighted by Gasteiger charge is 2.11. The second kappa shape index (κ2) is 6.93. The first kappa shape index (κ1) is 15.8. The second-order valence-corrected chi connectivity index (χ2v) is 4.11. The lowest BCUT2D eigenvalue weighted by molar-refractivity contribution is -0.132. The Bertz CT molecular complexity index is 680. The van der Waals surface area contributed by atoms with Crippen LogP contribution in [0.1, 0.15) is 0 Å². The first-order valence-electron chi connectivity index (χ1n) is 5.39. The molecule has 0 amide bonds. The highest BCUT2D eigenvalue weighted by molar-refractivity contribution is 6.28. The number of rotatable bonds is 5. The van der Waals surface area contributed by atoms with Crippen LogP contribution in [-0.2, 0) is 4.79 Å². The first-order chi connectivity index (χ1) is 10.5. The third-order valence-corrected chi connectivity index (χ3v) is 2.25. The number of nitrogens with one attached hydrogen (secondary N) is 2. The molecule has 5 N–H and O–H groups in total. The molecule has 2 rings (SSSR count). The van der Waals surface area contributed by atoms with Crippen molar-refractivity contribution >= 4 is 47.0 Å². The molecule has 0 aliphatic heterocycles. The number of halogens is 2. The van der Waals surface area contributed by atoms with Crippen LogP contribution in [-0.4, -0.2) is 47.6 Å². The van der Waals surface area contributed by atoms with Crippen LogP contribution in [0.15, 0.2) is 0 Å². The van der Waals surface area contributed by atoms with Crippen LogP contribution < -0.4 is 21.3 Å². The topological polar surface area (TPSA) is 174 Å². The molecule has 2 aromatic heterocycles. The van der Waals surface area contributed by atoms with Gasteiger partial charge in [-0.05, 0) is 23.2 Å². The molecule has 2 heterocycles. The Morgan fingerprint density at radius 1 is 1.09 bits per heavy atom. The van der Waals surface area contributed by atoms with E-state index < -0.39 is 5.97 Å². The number of carbonyl (C=O) groups excluding carboxylic acids is 1. The van der Waals surface area contributed by atoms with E-state index >= 15 is 0 Å². The maximum Gasteiger partial charge on any atom is 0.333 e. The zero-order valence-electron chi connectivity index (χ0n) is 10.5. The zero-order valence-corrected chi connectivity index (χ0v) is 12.0. The monoisotopic (exact) mass is 347 g/mol. The summed E-state index contributed by atoms with van der Waals surface area (Å²) in [6, 6.07) is -0.351. The lowest BCUT2D eigenvalue weighted by atomic mass is 10.6. The molecule has 0 aliphatic rings. The Morgan fingerprint density at radius 2 is 1.77 bits per heavy atom. The molecular weight excluding hydrogens is 341 g/mol. The summed E-state index contributed by atoms with van der Waals surface area (Å²) in [7, 11) is 0. The van der Waals surface area contributed by atoms with Gasteiger partial charge in [0.2, 0.25) is 22.5 Å². The zero-order chi connectivity index (χ0) is 16.1. The van der Waals surface area contributed by atoms with Crippen molar-refractivity contribution in [2.24, 2.45) is 0 Å². The van der Waals surface area contributed by atoms with E-state index in [4.69, 9.17) is 38.9 Å². The molecule has 0 saturated carbocycles. The van der Waals surface area contributed by atoms with Gasteiger partial charge in [0.05, 0.1) is 0 Å². The molecule has 0 saturated heterocycles. The number of nitrogens with two attached hydrogens (primary N) is 1. The van der Waals surface area contributed by atoms with Gasteiger partial charge in [0.1, 0.15) is 6.54 Å². The molecule has 0 spiro atoms. The van der Waals surface area contributed by atoms with Gasteiger partial charge in [-0.2, -0.15) is 29.9 Å². The number of ether oxygens (including phenoxy) is 1. The fourth-order valence-corrected chi connectivity index (χ4v) is 1.48. The van der Waals surface area contributed by atoms with Crippen LogP contribution >= 0.6 is 23.2 Å². The van der Waals surface area contributed by atoms with Gasteiger partial charge in [-0.1, -0.05) is 0 Å². The van der Waals surface area contributed by atoms with Crippen molar-refractivity contribution in [2.45, 2.75) is 0 Å². The van der Waals surface area contributed by atoms with Crippen LogP contribution in [0.25, 0.3) is 0 Å². The molecule has 0 bridgehead atoms. The van der Waals surface area contributed by atoms with Crippen LogP contribution in [0.3, 0.4) is 0 Å². The third-order valence-electron chi connectivity index (χ3n) is 1.91. The minimum atomic E-state index is -0.781. The number of hydrogen-bond donors (Lipinski definition) is 4. The van der Waals surface area contributed by atoms with Gasteiger partial charge in [0, 0.05) is 0 Å². The van der Waals surface area contributed by atoms with Gasteiger partial charge in [-0.3, -0.25) is 5.21 Å². The van der Waals surface area contributed by atoms with Crippen molar-refractivity contribution in [2.75, 3.05) is 23.1 Å². The summed E-state index contributed by atoms with van der Waals surface area (Å²) in [4.78, 5) is 33.1. The van der Waals surface area contributed by atoms with E-state index in [-0.39, 0.29) is 41.0 Å². The Balaban J connectivity index is 1.96. The number of anilines is 3. The molecule has 0 aromatic carbocycles. The third kappa shape index (κ3) is 4.47. The van der Waals surface area contributed by atoms with Crippen molar-refractivity contribution < 1.29 is 14.7 Å². The average molecular weight is 348 g/mol. The summed E-state index contributed by atoms with van der Waals surface area (Å²) in [5.74, 6) is -1.25. The summed E-state index contributed by atoms with van der Waals surface area (Å²) in [6.45, 7) is -0.353. The first-order valence-corrected chi connectivity index (χ1v) is 6.15. The van der Waals surface area contributed by atoms with Crippen molar-refractivity contribution in [1.82, 2.24) is 29.9 Å². The van der Waals surface area contributed by atoms with Crippen molar-refractivity contribution in [3.63, 3.8) is 0 Å². The number of nitrogen functional groups attached to an aromatic ring is 1. The Morgan fingerprint density at radius 3 is 2.45 bits per heavy atom. The fourth-order valence-electron chi connectivity index (χ4n) is 1.16. The predicted octanol–water partition coefficient (Wildman–Crippen LogP) is -0.236. The molecule has 12 nitrogen and oxygen atoms in total. The molecule has 0 radical (unpaired) electrons. The molecule has 0 atom stereocenters. The van der Waals surface area contributed by atoms with E-state index in [0.29, 0.717) is 0 Å². The summed E-state index contributed by atoms with van der Waals surface area (Å²) < 4.78 is 4.79. The largest absolute Gasteiger partial charge is 0.389 e. The Labute approximate surface area is 132 Å².